The Hall–Kier alpha value is -2.95. The molecule has 0 saturated carbocycles. The van der Waals surface area contributed by atoms with Gasteiger partial charge in [-0.2, -0.15) is 0 Å². The zero-order valence-electron chi connectivity index (χ0n) is 12.5. The first-order valence-corrected chi connectivity index (χ1v) is 7.19. The Morgan fingerprint density at radius 2 is 1.91 bits per heavy atom. The van der Waals surface area contributed by atoms with E-state index in [4.69, 9.17) is 0 Å². The van der Waals surface area contributed by atoms with Crippen molar-refractivity contribution >= 4 is 18.0 Å². The Labute approximate surface area is 133 Å². The van der Waals surface area contributed by atoms with Gasteiger partial charge in [-0.15, -0.1) is 0 Å². The molecule has 0 radical (unpaired) electrons. The second-order valence-electron chi connectivity index (χ2n) is 5.39. The van der Waals surface area contributed by atoms with E-state index in [-0.39, 0.29) is 12.2 Å². The molecule has 1 aliphatic rings. The first kappa shape index (κ1) is 15.0. The molecule has 0 spiro atoms. The molecule has 2 aromatic rings. The van der Waals surface area contributed by atoms with E-state index in [1.165, 1.54) is 6.07 Å². The van der Waals surface area contributed by atoms with Crippen LogP contribution in [0.25, 0.3) is 6.08 Å². The summed E-state index contributed by atoms with van der Waals surface area (Å²) in [5.74, 6) is -0.899. The van der Waals surface area contributed by atoms with E-state index in [0.717, 1.165) is 16.0 Å². The van der Waals surface area contributed by atoms with E-state index in [1.54, 1.807) is 24.3 Å². The molecule has 1 saturated heterocycles. The van der Waals surface area contributed by atoms with Crippen LogP contribution in [0.15, 0.2) is 54.2 Å². The highest BCUT2D eigenvalue weighted by atomic mass is 19.1. The normalized spacial score (nSPS) is 16.1. The molecule has 4 nitrogen and oxygen atoms in total. The van der Waals surface area contributed by atoms with E-state index in [1.807, 2.05) is 31.2 Å². The molecule has 23 heavy (non-hydrogen) atoms. The lowest BCUT2D eigenvalue weighted by molar-refractivity contribution is -0.123. The second-order valence-corrected chi connectivity index (χ2v) is 5.39. The standard InChI is InChI=1S/C18H15FN2O2/c1-12-5-4-6-13(9-12)10-16-17(22)21(18(23)20-16)11-14-7-2-3-8-15(14)19/h2-10H,11H2,1H3,(H,20,23)/b16-10+. The molecule has 0 atom stereocenters. The van der Waals surface area contributed by atoms with Gasteiger partial charge in [0.15, 0.2) is 0 Å². The summed E-state index contributed by atoms with van der Waals surface area (Å²) in [6.07, 6.45) is 1.62. The van der Waals surface area contributed by atoms with E-state index < -0.39 is 17.8 Å². The second kappa shape index (κ2) is 6.04. The van der Waals surface area contributed by atoms with Crippen LogP contribution in [0.3, 0.4) is 0 Å². The molecular formula is C18H15FN2O2. The Morgan fingerprint density at radius 1 is 1.13 bits per heavy atom. The molecule has 0 aromatic heterocycles. The highest BCUT2D eigenvalue weighted by Crippen LogP contribution is 2.18. The van der Waals surface area contributed by atoms with Crippen LogP contribution in [0.4, 0.5) is 9.18 Å². The number of urea groups is 1. The van der Waals surface area contributed by atoms with E-state index in [2.05, 4.69) is 5.32 Å². The SMILES string of the molecule is Cc1cccc(/C=C2/NC(=O)N(Cc3ccccc3F)C2=O)c1. The number of rotatable bonds is 3. The molecule has 5 heteroatoms. The van der Waals surface area contributed by atoms with Crippen LogP contribution < -0.4 is 5.32 Å². The average molecular weight is 310 g/mol. The summed E-state index contributed by atoms with van der Waals surface area (Å²) in [4.78, 5) is 25.4. The van der Waals surface area contributed by atoms with Gasteiger partial charge in [0.1, 0.15) is 11.5 Å². The number of nitrogens with one attached hydrogen (secondary N) is 1. The molecule has 1 aliphatic heterocycles. The predicted octanol–water partition coefficient (Wildman–Crippen LogP) is 3.23. The molecule has 0 bridgehead atoms. The van der Waals surface area contributed by atoms with Crippen LogP contribution in [0, 0.1) is 12.7 Å². The minimum Gasteiger partial charge on any atom is -0.303 e. The van der Waals surface area contributed by atoms with Crippen LogP contribution in [-0.2, 0) is 11.3 Å². The lowest BCUT2D eigenvalue weighted by Crippen LogP contribution is -2.30. The molecule has 1 N–H and O–H groups in total. The van der Waals surface area contributed by atoms with E-state index in [0.29, 0.717) is 5.56 Å². The van der Waals surface area contributed by atoms with E-state index >= 15 is 0 Å². The topological polar surface area (TPSA) is 49.4 Å². The van der Waals surface area contributed by atoms with Crippen molar-refractivity contribution in [3.63, 3.8) is 0 Å². The molecule has 0 unspecified atom stereocenters. The highest BCUT2D eigenvalue weighted by Gasteiger charge is 2.33. The number of amides is 3. The lowest BCUT2D eigenvalue weighted by atomic mass is 10.1. The Balaban J connectivity index is 1.84. The summed E-state index contributed by atoms with van der Waals surface area (Å²) in [6, 6.07) is 13.1. The summed E-state index contributed by atoms with van der Waals surface area (Å²) >= 11 is 0. The zero-order valence-corrected chi connectivity index (χ0v) is 12.5. The predicted molar refractivity (Wildman–Crippen MR) is 84.6 cm³/mol. The van der Waals surface area contributed by atoms with Crippen molar-refractivity contribution in [3.05, 3.63) is 76.7 Å². The van der Waals surface area contributed by atoms with Crippen LogP contribution >= 0.6 is 0 Å². The van der Waals surface area contributed by atoms with Crippen molar-refractivity contribution in [2.45, 2.75) is 13.5 Å². The number of hydrogen-bond acceptors (Lipinski definition) is 2. The van der Waals surface area contributed by atoms with Gasteiger partial charge in [-0.25, -0.2) is 9.18 Å². The summed E-state index contributed by atoms with van der Waals surface area (Å²) in [5, 5.41) is 2.54. The number of nitrogens with zero attached hydrogens (tertiary/aromatic N) is 1. The van der Waals surface area contributed by atoms with Crippen LogP contribution in [0.5, 0.6) is 0 Å². The molecular weight excluding hydrogens is 295 g/mol. The Bertz CT molecular complexity index is 814. The van der Waals surface area contributed by atoms with Gasteiger partial charge in [0.2, 0.25) is 0 Å². The maximum atomic E-state index is 13.7. The van der Waals surface area contributed by atoms with Gasteiger partial charge in [-0.05, 0) is 24.6 Å². The van der Waals surface area contributed by atoms with Gasteiger partial charge < -0.3 is 5.32 Å². The molecule has 116 valence electrons. The van der Waals surface area contributed by atoms with Crippen molar-refractivity contribution in [1.82, 2.24) is 10.2 Å². The summed E-state index contributed by atoms with van der Waals surface area (Å²) < 4.78 is 13.7. The minimum absolute atomic E-state index is 0.0947. The van der Waals surface area contributed by atoms with Gasteiger partial charge >= 0.3 is 6.03 Å². The van der Waals surface area contributed by atoms with Crippen LogP contribution in [0.2, 0.25) is 0 Å². The third-order valence-corrected chi connectivity index (χ3v) is 3.60. The molecule has 1 heterocycles. The summed E-state index contributed by atoms with van der Waals surface area (Å²) in [5.41, 5.74) is 2.37. The zero-order chi connectivity index (χ0) is 16.4. The van der Waals surface area contributed by atoms with Gasteiger partial charge in [-0.1, -0.05) is 48.0 Å². The quantitative estimate of drug-likeness (QED) is 0.699. The van der Waals surface area contributed by atoms with Gasteiger partial charge in [0.05, 0.1) is 6.54 Å². The van der Waals surface area contributed by atoms with Gasteiger partial charge in [-0.3, -0.25) is 9.69 Å². The van der Waals surface area contributed by atoms with Crippen molar-refractivity contribution in [1.29, 1.82) is 0 Å². The third-order valence-electron chi connectivity index (χ3n) is 3.60. The lowest BCUT2D eigenvalue weighted by Gasteiger charge is -2.12. The number of benzene rings is 2. The van der Waals surface area contributed by atoms with Crippen molar-refractivity contribution < 1.29 is 14.0 Å². The maximum Gasteiger partial charge on any atom is 0.329 e. The molecule has 0 aliphatic carbocycles. The van der Waals surface area contributed by atoms with Crippen LogP contribution in [0.1, 0.15) is 16.7 Å². The third kappa shape index (κ3) is 3.13. The van der Waals surface area contributed by atoms with Crippen LogP contribution in [-0.4, -0.2) is 16.8 Å². The highest BCUT2D eigenvalue weighted by molar-refractivity contribution is 6.13. The Kier molecular flexibility index (Phi) is 3.93. The fourth-order valence-corrected chi connectivity index (χ4v) is 2.44. The van der Waals surface area contributed by atoms with E-state index in [9.17, 15) is 14.0 Å². The van der Waals surface area contributed by atoms with Gasteiger partial charge in [0.25, 0.3) is 5.91 Å². The summed E-state index contributed by atoms with van der Waals surface area (Å²) in [7, 11) is 0. The number of hydrogen-bond donors (Lipinski definition) is 1. The fourth-order valence-electron chi connectivity index (χ4n) is 2.44. The average Bonchev–Trinajstić information content (AvgIpc) is 2.77. The molecule has 3 rings (SSSR count). The van der Waals surface area contributed by atoms with Crippen molar-refractivity contribution in [3.8, 4) is 0 Å². The fraction of sp³-hybridized carbons (Fsp3) is 0.111. The summed E-state index contributed by atoms with van der Waals surface area (Å²) in [6.45, 7) is 1.85. The number of halogens is 1. The Morgan fingerprint density at radius 3 is 2.65 bits per heavy atom. The van der Waals surface area contributed by atoms with Crippen molar-refractivity contribution in [2.75, 3.05) is 0 Å². The maximum absolute atomic E-state index is 13.7. The number of aryl methyl sites for hydroxylation is 1. The number of carbonyl (C=O) groups excluding carboxylic acids is 2. The minimum atomic E-state index is -0.544. The number of imide groups is 1. The first-order chi connectivity index (χ1) is 11.0. The number of carbonyl (C=O) groups is 2. The molecule has 2 aromatic carbocycles. The smallest absolute Gasteiger partial charge is 0.303 e. The molecule has 3 amide bonds. The molecule has 1 fully saturated rings. The monoisotopic (exact) mass is 310 g/mol. The van der Waals surface area contributed by atoms with Crippen molar-refractivity contribution in [2.24, 2.45) is 0 Å². The largest absolute Gasteiger partial charge is 0.329 e. The van der Waals surface area contributed by atoms with Gasteiger partial charge in [0, 0.05) is 5.56 Å². The first-order valence-electron chi connectivity index (χ1n) is 7.19.